The molecule has 0 heterocycles. The van der Waals surface area contributed by atoms with Gasteiger partial charge in [0.05, 0.1) is 6.61 Å². The molecule has 226 valence electrons. The summed E-state index contributed by atoms with van der Waals surface area (Å²) in [7, 11) is 0. The highest BCUT2D eigenvalue weighted by molar-refractivity contribution is 5.83. The predicted octanol–water partition coefficient (Wildman–Crippen LogP) is 0.752. The van der Waals surface area contributed by atoms with Crippen LogP contribution in [0.1, 0.15) is 90.4 Å². The predicted molar refractivity (Wildman–Crippen MR) is 142 cm³/mol. The lowest BCUT2D eigenvalue weighted by molar-refractivity contribution is -0.166. The molecule has 0 radical (unpaired) electrons. The maximum atomic E-state index is 12.0. The smallest absolute Gasteiger partial charge is 0.246 e. The van der Waals surface area contributed by atoms with Gasteiger partial charge in [0.25, 0.3) is 0 Å². The molecule has 14 heteroatoms. The maximum Gasteiger partial charge on any atom is 0.246 e. The van der Waals surface area contributed by atoms with Crippen LogP contribution in [-0.2, 0) is 28.8 Å². The minimum atomic E-state index is -0.538. The van der Waals surface area contributed by atoms with Crippen LogP contribution in [0.3, 0.4) is 0 Å². The highest BCUT2D eigenvalue weighted by Crippen LogP contribution is 2.02. The first-order valence-electron chi connectivity index (χ1n) is 13.8. The number of rotatable bonds is 24. The third kappa shape index (κ3) is 22.8. The molecule has 0 aromatic rings. The molecule has 39 heavy (non-hydrogen) atoms. The van der Waals surface area contributed by atoms with Gasteiger partial charge in [0.1, 0.15) is 0 Å². The van der Waals surface area contributed by atoms with Crippen molar-refractivity contribution in [3.63, 3.8) is 0 Å². The second kappa shape index (κ2) is 24.2. The molecule has 0 aromatic heterocycles. The van der Waals surface area contributed by atoms with Crippen molar-refractivity contribution in [2.75, 3.05) is 39.3 Å². The molecule has 7 N–H and O–H groups in total. The van der Waals surface area contributed by atoms with Gasteiger partial charge in [-0.2, -0.15) is 0 Å². The van der Waals surface area contributed by atoms with Crippen LogP contribution in [0, 0.1) is 0 Å². The normalized spacial score (nSPS) is 10.6. The zero-order valence-electron chi connectivity index (χ0n) is 23.3. The Morgan fingerprint density at radius 2 is 1.18 bits per heavy atom. The fraction of sp³-hybridized carbons (Fsp3) is 0.800. The Hall–Kier alpha value is -2.81. The molecule has 0 aliphatic heterocycles. The van der Waals surface area contributed by atoms with Gasteiger partial charge < -0.3 is 16.4 Å². The summed E-state index contributed by atoms with van der Waals surface area (Å²) in [6, 6.07) is 0. The van der Waals surface area contributed by atoms with Crippen molar-refractivity contribution in [1.29, 1.82) is 0 Å². The lowest BCUT2D eigenvalue weighted by Gasteiger charge is -2.15. The molecule has 0 rings (SSSR count). The molecule has 0 aliphatic rings. The summed E-state index contributed by atoms with van der Waals surface area (Å²) in [5.74, 6) is -1.84. The van der Waals surface area contributed by atoms with Crippen molar-refractivity contribution < 1.29 is 39.2 Å². The number of carbonyl (C=O) groups excluding carboxylic acids is 5. The molecule has 14 nitrogen and oxygen atoms in total. The maximum absolute atomic E-state index is 12.0. The molecule has 0 aromatic carbocycles. The summed E-state index contributed by atoms with van der Waals surface area (Å²) >= 11 is 0. The van der Waals surface area contributed by atoms with E-state index in [0.29, 0.717) is 68.5 Å². The van der Waals surface area contributed by atoms with Crippen LogP contribution in [0.15, 0.2) is 0 Å². The summed E-state index contributed by atoms with van der Waals surface area (Å²) in [5.41, 5.74) is 7.70. The van der Waals surface area contributed by atoms with Crippen molar-refractivity contribution in [1.82, 2.24) is 26.2 Å². The van der Waals surface area contributed by atoms with E-state index in [1.165, 1.54) is 6.92 Å². The standard InChI is InChI=1S/C25H48N6O8/c1-21(32)30(37)18-8-3-6-17-28-23(34)13-14-25(36)31(38)19-9-4-7-16-27-22(33)11-12-24(35)29-39-20-10-2-5-15-26/h37-38H,2-20,26H2,1H3,(H,27,33)(H,28,34)(H,29,35). The van der Waals surface area contributed by atoms with Crippen molar-refractivity contribution >= 4 is 29.5 Å². The van der Waals surface area contributed by atoms with Crippen LogP contribution < -0.4 is 21.8 Å². The molecular formula is C25H48N6O8. The largest absolute Gasteiger partial charge is 0.356 e. The lowest BCUT2D eigenvalue weighted by Crippen LogP contribution is -2.31. The number of nitrogens with zero attached hydrogens (tertiary/aromatic N) is 2. The Bertz CT molecular complexity index is 725. The second-order valence-corrected chi connectivity index (χ2v) is 9.20. The first-order chi connectivity index (χ1) is 18.7. The van der Waals surface area contributed by atoms with Crippen LogP contribution in [-0.4, -0.2) is 89.4 Å². The number of nitrogens with one attached hydrogen (secondary N) is 3. The first kappa shape index (κ1) is 36.2. The SMILES string of the molecule is CC(=O)N(O)CCCCCNC(=O)CCC(=O)N(O)CCCCCNC(=O)CCC(=O)NOCCCCCN. The highest BCUT2D eigenvalue weighted by atomic mass is 16.6. The van der Waals surface area contributed by atoms with E-state index < -0.39 is 11.8 Å². The number of amides is 5. The van der Waals surface area contributed by atoms with Gasteiger partial charge in [-0.3, -0.25) is 39.2 Å². The van der Waals surface area contributed by atoms with Gasteiger partial charge in [-0.25, -0.2) is 15.6 Å². The highest BCUT2D eigenvalue weighted by Gasteiger charge is 2.13. The topological polar surface area (TPSA) is 204 Å². The summed E-state index contributed by atoms with van der Waals surface area (Å²) < 4.78 is 0. The molecule has 5 amide bonds. The van der Waals surface area contributed by atoms with Gasteiger partial charge in [-0.15, -0.1) is 0 Å². The molecule has 0 fully saturated rings. The second-order valence-electron chi connectivity index (χ2n) is 9.20. The Morgan fingerprint density at radius 3 is 1.74 bits per heavy atom. The molecule has 0 spiro atoms. The molecule has 0 saturated heterocycles. The van der Waals surface area contributed by atoms with Crippen LogP contribution in [0.4, 0.5) is 0 Å². The Kier molecular flexibility index (Phi) is 22.5. The number of hydrogen-bond donors (Lipinski definition) is 6. The average molecular weight is 561 g/mol. The van der Waals surface area contributed by atoms with Gasteiger partial charge in [-0.05, 0) is 64.3 Å². The lowest BCUT2D eigenvalue weighted by atomic mass is 10.2. The van der Waals surface area contributed by atoms with Gasteiger partial charge >= 0.3 is 0 Å². The summed E-state index contributed by atoms with van der Waals surface area (Å²) in [6.07, 6.45) is 6.46. The van der Waals surface area contributed by atoms with Gasteiger partial charge in [0.15, 0.2) is 0 Å². The van der Waals surface area contributed by atoms with Crippen LogP contribution in [0.2, 0.25) is 0 Å². The number of hydrogen-bond acceptors (Lipinski definition) is 9. The number of nitrogens with two attached hydrogens (primary N) is 1. The van der Waals surface area contributed by atoms with E-state index >= 15 is 0 Å². The minimum absolute atomic E-state index is 0.0277. The van der Waals surface area contributed by atoms with E-state index in [1.807, 2.05) is 0 Å². The van der Waals surface area contributed by atoms with Crippen molar-refractivity contribution in [2.45, 2.75) is 90.4 Å². The monoisotopic (exact) mass is 560 g/mol. The van der Waals surface area contributed by atoms with Crippen LogP contribution >= 0.6 is 0 Å². The Morgan fingerprint density at radius 1 is 0.667 bits per heavy atom. The third-order valence-electron chi connectivity index (χ3n) is 5.67. The quantitative estimate of drug-likeness (QED) is 0.0559. The first-order valence-corrected chi connectivity index (χ1v) is 13.8. The van der Waals surface area contributed by atoms with Crippen molar-refractivity contribution in [3.8, 4) is 0 Å². The number of carbonyl (C=O) groups is 5. The zero-order valence-corrected chi connectivity index (χ0v) is 23.3. The third-order valence-corrected chi connectivity index (χ3v) is 5.67. The fourth-order valence-corrected chi connectivity index (χ4v) is 3.30. The number of unbranched alkanes of at least 4 members (excludes halogenated alkanes) is 6. The minimum Gasteiger partial charge on any atom is -0.356 e. The summed E-state index contributed by atoms with van der Waals surface area (Å²) in [5, 5.41) is 25.8. The molecular weight excluding hydrogens is 512 g/mol. The molecule has 0 unspecified atom stereocenters. The van der Waals surface area contributed by atoms with Crippen molar-refractivity contribution in [3.05, 3.63) is 0 Å². The molecule has 0 atom stereocenters. The van der Waals surface area contributed by atoms with Crippen LogP contribution in [0.5, 0.6) is 0 Å². The molecule has 0 aliphatic carbocycles. The van der Waals surface area contributed by atoms with Gasteiger partial charge in [-0.1, -0.05) is 0 Å². The fourth-order valence-electron chi connectivity index (χ4n) is 3.30. The Balaban J connectivity index is 3.67. The van der Waals surface area contributed by atoms with E-state index in [0.717, 1.165) is 25.7 Å². The van der Waals surface area contributed by atoms with E-state index in [4.69, 9.17) is 10.6 Å². The summed E-state index contributed by atoms with van der Waals surface area (Å²) in [4.78, 5) is 63.2. The van der Waals surface area contributed by atoms with E-state index in [9.17, 15) is 34.4 Å². The van der Waals surface area contributed by atoms with Gasteiger partial charge in [0, 0.05) is 58.8 Å². The molecule has 0 saturated carbocycles. The van der Waals surface area contributed by atoms with E-state index in [1.54, 1.807) is 0 Å². The van der Waals surface area contributed by atoms with Gasteiger partial charge in [0.2, 0.25) is 29.5 Å². The van der Waals surface area contributed by atoms with E-state index in [2.05, 4.69) is 16.1 Å². The van der Waals surface area contributed by atoms with E-state index in [-0.39, 0.29) is 56.5 Å². The Labute approximate surface area is 230 Å². The summed E-state index contributed by atoms with van der Waals surface area (Å²) in [6.45, 7) is 3.53. The number of hydroxylamine groups is 5. The van der Waals surface area contributed by atoms with Crippen LogP contribution in [0.25, 0.3) is 0 Å². The average Bonchev–Trinajstić information content (AvgIpc) is 2.91. The zero-order chi connectivity index (χ0) is 29.3. The molecule has 0 bridgehead atoms. The van der Waals surface area contributed by atoms with Crippen molar-refractivity contribution in [2.24, 2.45) is 5.73 Å².